The lowest BCUT2D eigenvalue weighted by molar-refractivity contribution is 0.253. The normalized spacial score (nSPS) is 21.8. The van der Waals surface area contributed by atoms with Gasteiger partial charge in [0.15, 0.2) is 0 Å². The second kappa shape index (κ2) is 4.69. The number of rotatable bonds is 3. The number of nitrogens with one attached hydrogen (secondary N) is 1. The molecular weight excluding hydrogens is 210 g/mol. The van der Waals surface area contributed by atoms with Crippen LogP contribution in [-0.2, 0) is 12.8 Å². The third kappa shape index (κ3) is 2.06. The van der Waals surface area contributed by atoms with Crippen molar-refractivity contribution in [3.8, 4) is 5.75 Å². The lowest BCUT2D eigenvalue weighted by Crippen LogP contribution is -2.27. The van der Waals surface area contributed by atoms with Crippen molar-refractivity contribution >= 4 is 0 Å². The van der Waals surface area contributed by atoms with Crippen molar-refractivity contribution in [2.75, 3.05) is 13.2 Å². The molecule has 1 N–H and O–H groups in total. The topological polar surface area (TPSA) is 21.3 Å². The van der Waals surface area contributed by atoms with E-state index in [2.05, 4.69) is 24.4 Å². The van der Waals surface area contributed by atoms with E-state index >= 15 is 0 Å². The Morgan fingerprint density at radius 3 is 2.94 bits per heavy atom. The van der Waals surface area contributed by atoms with Gasteiger partial charge in [-0.3, -0.25) is 0 Å². The van der Waals surface area contributed by atoms with E-state index in [0.29, 0.717) is 6.04 Å². The Balaban J connectivity index is 1.90. The summed E-state index contributed by atoms with van der Waals surface area (Å²) in [7, 11) is 0. The molecule has 17 heavy (non-hydrogen) atoms. The van der Waals surface area contributed by atoms with Crippen LogP contribution < -0.4 is 10.1 Å². The van der Waals surface area contributed by atoms with E-state index in [4.69, 9.17) is 4.74 Å². The van der Waals surface area contributed by atoms with Crippen LogP contribution in [0.4, 0.5) is 0 Å². The molecule has 0 radical (unpaired) electrons. The van der Waals surface area contributed by atoms with Gasteiger partial charge in [-0.25, -0.2) is 0 Å². The molecule has 1 aliphatic carbocycles. The zero-order chi connectivity index (χ0) is 11.7. The van der Waals surface area contributed by atoms with Gasteiger partial charge in [-0.05, 0) is 49.4 Å². The zero-order valence-corrected chi connectivity index (χ0v) is 10.6. The van der Waals surface area contributed by atoms with Gasteiger partial charge in [-0.2, -0.15) is 0 Å². The van der Waals surface area contributed by atoms with Crippen molar-refractivity contribution in [1.29, 1.82) is 0 Å². The quantitative estimate of drug-likeness (QED) is 0.863. The van der Waals surface area contributed by atoms with Crippen LogP contribution in [0.1, 0.15) is 48.9 Å². The number of fused-ring (bicyclic) bond motifs is 2. The van der Waals surface area contributed by atoms with E-state index in [1.807, 2.05) is 0 Å². The molecule has 1 unspecified atom stereocenters. The van der Waals surface area contributed by atoms with Crippen LogP contribution in [0.25, 0.3) is 0 Å². The van der Waals surface area contributed by atoms with E-state index in [1.54, 1.807) is 5.56 Å². The Kier molecular flexibility index (Phi) is 3.06. The minimum atomic E-state index is 0.504. The highest BCUT2D eigenvalue weighted by molar-refractivity contribution is 5.47. The van der Waals surface area contributed by atoms with Gasteiger partial charge >= 0.3 is 0 Å². The Bertz CT molecular complexity index is 414. The molecule has 0 saturated heterocycles. The summed E-state index contributed by atoms with van der Waals surface area (Å²) >= 11 is 0. The van der Waals surface area contributed by atoms with Crippen molar-refractivity contribution in [3.05, 3.63) is 28.8 Å². The smallest absolute Gasteiger partial charge is 0.124 e. The summed E-state index contributed by atoms with van der Waals surface area (Å²) in [5.41, 5.74) is 4.46. The first kappa shape index (κ1) is 11.1. The molecule has 0 spiro atoms. The summed E-state index contributed by atoms with van der Waals surface area (Å²) in [5, 5.41) is 3.64. The SMILES string of the molecule is CCCNC1CCOc2cc3c(cc21)CCC3. The Morgan fingerprint density at radius 2 is 2.12 bits per heavy atom. The predicted molar refractivity (Wildman–Crippen MR) is 69.6 cm³/mol. The van der Waals surface area contributed by atoms with Crippen molar-refractivity contribution in [2.24, 2.45) is 0 Å². The number of hydrogen-bond donors (Lipinski definition) is 1. The number of ether oxygens (including phenoxy) is 1. The third-order valence-electron chi connectivity index (χ3n) is 3.90. The van der Waals surface area contributed by atoms with Gasteiger partial charge < -0.3 is 10.1 Å². The summed E-state index contributed by atoms with van der Waals surface area (Å²) in [6.07, 6.45) is 6.09. The predicted octanol–water partition coefficient (Wildman–Crippen LogP) is 3.00. The summed E-state index contributed by atoms with van der Waals surface area (Å²) in [4.78, 5) is 0. The molecule has 0 aromatic heterocycles. The van der Waals surface area contributed by atoms with Crippen molar-refractivity contribution in [3.63, 3.8) is 0 Å². The van der Waals surface area contributed by atoms with Gasteiger partial charge in [0.2, 0.25) is 0 Å². The summed E-state index contributed by atoms with van der Waals surface area (Å²) in [6, 6.07) is 5.19. The van der Waals surface area contributed by atoms with Gasteiger partial charge in [0.05, 0.1) is 6.61 Å². The average molecular weight is 231 g/mol. The molecule has 3 rings (SSSR count). The molecule has 2 aliphatic rings. The van der Waals surface area contributed by atoms with Crippen LogP contribution in [0.15, 0.2) is 12.1 Å². The van der Waals surface area contributed by atoms with Gasteiger partial charge in [0, 0.05) is 18.0 Å². The molecular formula is C15H21NO. The molecule has 0 fully saturated rings. The van der Waals surface area contributed by atoms with Crippen LogP contribution in [-0.4, -0.2) is 13.2 Å². The fourth-order valence-electron chi connectivity index (χ4n) is 2.99. The monoisotopic (exact) mass is 231 g/mol. The number of aryl methyl sites for hydroxylation is 2. The van der Waals surface area contributed by atoms with Crippen LogP contribution in [0.3, 0.4) is 0 Å². The van der Waals surface area contributed by atoms with E-state index in [0.717, 1.165) is 25.3 Å². The largest absolute Gasteiger partial charge is 0.493 e. The maximum atomic E-state index is 5.82. The molecule has 1 atom stereocenters. The van der Waals surface area contributed by atoms with Crippen LogP contribution in [0.5, 0.6) is 5.75 Å². The van der Waals surface area contributed by atoms with E-state index in [1.165, 1.54) is 36.8 Å². The first-order chi connectivity index (χ1) is 8.38. The van der Waals surface area contributed by atoms with E-state index in [9.17, 15) is 0 Å². The fraction of sp³-hybridized carbons (Fsp3) is 0.600. The van der Waals surface area contributed by atoms with Crippen molar-refractivity contribution < 1.29 is 4.74 Å². The second-order valence-electron chi connectivity index (χ2n) is 5.16. The highest BCUT2D eigenvalue weighted by Gasteiger charge is 2.24. The minimum absolute atomic E-state index is 0.504. The molecule has 0 bridgehead atoms. The van der Waals surface area contributed by atoms with E-state index < -0.39 is 0 Å². The Labute approximate surface area is 103 Å². The van der Waals surface area contributed by atoms with Gasteiger partial charge in [0.25, 0.3) is 0 Å². The standard InChI is InChI=1S/C15H21NO/c1-2-7-16-14-6-8-17-15-10-12-5-3-4-11(12)9-13(14)15/h9-10,14,16H,2-8H2,1H3. The highest BCUT2D eigenvalue weighted by Crippen LogP contribution is 2.37. The van der Waals surface area contributed by atoms with Crippen molar-refractivity contribution in [1.82, 2.24) is 5.32 Å². The average Bonchev–Trinajstić information content (AvgIpc) is 2.80. The molecule has 0 saturated carbocycles. The molecule has 92 valence electrons. The highest BCUT2D eigenvalue weighted by atomic mass is 16.5. The van der Waals surface area contributed by atoms with Crippen LogP contribution >= 0.6 is 0 Å². The second-order valence-corrected chi connectivity index (χ2v) is 5.16. The minimum Gasteiger partial charge on any atom is -0.493 e. The third-order valence-corrected chi connectivity index (χ3v) is 3.90. The maximum Gasteiger partial charge on any atom is 0.124 e. The first-order valence-electron chi connectivity index (χ1n) is 6.90. The summed E-state index contributed by atoms with van der Waals surface area (Å²) in [5.74, 6) is 1.13. The Morgan fingerprint density at radius 1 is 1.29 bits per heavy atom. The van der Waals surface area contributed by atoms with Crippen LogP contribution in [0.2, 0.25) is 0 Å². The van der Waals surface area contributed by atoms with E-state index in [-0.39, 0.29) is 0 Å². The molecule has 2 nitrogen and oxygen atoms in total. The van der Waals surface area contributed by atoms with Gasteiger partial charge in [0.1, 0.15) is 5.75 Å². The molecule has 0 amide bonds. The molecule has 1 aromatic rings. The van der Waals surface area contributed by atoms with Gasteiger partial charge in [-0.15, -0.1) is 0 Å². The number of hydrogen-bond acceptors (Lipinski definition) is 2. The molecule has 1 heterocycles. The lowest BCUT2D eigenvalue weighted by Gasteiger charge is -2.27. The zero-order valence-electron chi connectivity index (χ0n) is 10.6. The van der Waals surface area contributed by atoms with Gasteiger partial charge in [-0.1, -0.05) is 13.0 Å². The first-order valence-corrected chi connectivity index (χ1v) is 6.90. The number of benzene rings is 1. The lowest BCUT2D eigenvalue weighted by atomic mass is 9.96. The van der Waals surface area contributed by atoms with Crippen LogP contribution in [0, 0.1) is 0 Å². The molecule has 2 heteroatoms. The Hall–Kier alpha value is -1.02. The fourth-order valence-corrected chi connectivity index (χ4v) is 2.99. The molecule has 1 aliphatic heterocycles. The molecule has 1 aromatic carbocycles. The summed E-state index contributed by atoms with van der Waals surface area (Å²) in [6.45, 7) is 4.17. The summed E-state index contributed by atoms with van der Waals surface area (Å²) < 4.78 is 5.82. The van der Waals surface area contributed by atoms with Crippen molar-refractivity contribution in [2.45, 2.75) is 45.1 Å². The maximum absolute atomic E-state index is 5.82.